The van der Waals surface area contributed by atoms with Gasteiger partial charge in [0.1, 0.15) is 23.2 Å². The number of carboxylic acid groups (broad SMARTS) is 1. The molecule has 0 spiro atoms. The molecule has 0 atom stereocenters. The van der Waals surface area contributed by atoms with E-state index < -0.39 is 5.97 Å². The number of halogens is 1. The molecule has 31 heavy (non-hydrogen) atoms. The highest BCUT2D eigenvalue weighted by Crippen LogP contribution is 2.39. The first kappa shape index (κ1) is 21.2. The summed E-state index contributed by atoms with van der Waals surface area (Å²) >= 11 is 1.62. The van der Waals surface area contributed by atoms with Crippen LogP contribution in [0.1, 0.15) is 47.4 Å². The third-order valence-corrected chi connectivity index (χ3v) is 6.62. The Morgan fingerprint density at radius 1 is 1.19 bits per heavy atom. The van der Waals surface area contributed by atoms with Crippen molar-refractivity contribution in [1.29, 1.82) is 0 Å². The molecule has 6 heteroatoms. The molecule has 2 aromatic carbocycles. The highest BCUT2D eigenvalue weighted by Gasteiger charge is 2.20. The number of carboxylic acids is 1. The molecule has 0 saturated heterocycles. The largest absolute Gasteiger partial charge is 0.489 e. The first-order valence-electron chi connectivity index (χ1n) is 10.4. The van der Waals surface area contributed by atoms with E-state index in [2.05, 4.69) is 6.58 Å². The number of allylic oxidation sites excluding steroid dienone is 1. The van der Waals surface area contributed by atoms with Crippen molar-refractivity contribution in [3.63, 3.8) is 0 Å². The molecule has 0 saturated carbocycles. The van der Waals surface area contributed by atoms with Crippen LogP contribution in [0.3, 0.4) is 0 Å². The normalized spacial score (nSPS) is 13.1. The highest BCUT2D eigenvalue weighted by molar-refractivity contribution is 7.16. The summed E-state index contributed by atoms with van der Waals surface area (Å²) in [7, 11) is 0. The zero-order valence-electron chi connectivity index (χ0n) is 17.2. The monoisotopic (exact) mass is 437 g/mol. The minimum absolute atomic E-state index is 0.161. The van der Waals surface area contributed by atoms with E-state index in [1.807, 2.05) is 24.3 Å². The van der Waals surface area contributed by atoms with Crippen LogP contribution in [0.25, 0.3) is 16.1 Å². The van der Waals surface area contributed by atoms with E-state index in [-0.39, 0.29) is 18.8 Å². The third kappa shape index (κ3) is 5.20. The summed E-state index contributed by atoms with van der Waals surface area (Å²) in [5, 5.41) is 9.62. The molecule has 1 aliphatic rings. The molecular formula is C25H24FNO3S. The van der Waals surface area contributed by atoms with Crippen LogP contribution in [0.4, 0.5) is 4.39 Å². The van der Waals surface area contributed by atoms with E-state index in [0.717, 1.165) is 57.1 Å². The SMILES string of the molecule is C=C1CCCc2nc(-c3ccc(F)cc3COc3ccc(CCCC(=O)O)cc3)sc21. The molecule has 0 radical (unpaired) electrons. The van der Waals surface area contributed by atoms with Crippen LogP contribution in [0.5, 0.6) is 5.75 Å². The summed E-state index contributed by atoms with van der Waals surface area (Å²) in [6, 6.07) is 12.3. The van der Waals surface area contributed by atoms with E-state index in [9.17, 15) is 9.18 Å². The zero-order valence-corrected chi connectivity index (χ0v) is 18.0. The Hall–Kier alpha value is -2.99. The molecule has 0 fully saturated rings. The second-order valence-electron chi connectivity index (χ2n) is 7.73. The fraction of sp³-hybridized carbons (Fsp3) is 0.280. The summed E-state index contributed by atoms with van der Waals surface area (Å²) in [6.07, 6.45) is 4.50. The van der Waals surface area contributed by atoms with Crippen LogP contribution in [0.2, 0.25) is 0 Å². The zero-order chi connectivity index (χ0) is 21.8. The maximum Gasteiger partial charge on any atom is 0.303 e. The molecule has 160 valence electrons. The number of rotatable bonds is 8. The summed E-state index contributed by atoms with van der Waals surface area (Å²) in [5.74, 6) is -0.401. The van der Waals surface area contributed by atoms with Crippen molar-refractivity contribution in [2.75, 3.05) is 0 Å². The average molecular weight is 438 g/mol. The molecule has 4 nitrogen and oxygen atoms in total. The first-order chi connectivity index (χ1) is 15.0. The second kappa shape index (κ2) is 9.43. The Bertz CT molecular complexity index is 1100. The van der Waals surface area contributed by atoms with Crippen LogP contribution in [-0.4, -0.2) is 16.1 Å². The molecule has 1 aromatic heterocycles. The van der Waals surface area contributed by atoms with E-state index in [1.165, 1.54) is 12.1 Å². The van der Waals surface area contributed by atoms with E-state index in [4.69, 9.17) is 14.8 Å². The van der Waals surface area contributed by atoms with Crippen molar-refractivity contribution in [3.05, 3.63) is 76.6 Å². The Balaban J connectivity index is 1.47. The minimum atomic E-state index is -0.781. The van der Waals surface area contributed by atoms with Crippen LogP contribution >= 0.6 is 11.3 Å². The van der Waals surface area contributed by atoms with Crippen molar-refractivity contribution in [2.45, 2.75) is 45.1 Å². The van der Waals surface area contributed by atoms with Gasteiger partial charge in [0.2, 0.25) is 0 Å². The number of thiazole rings is 1. The van der Waals surface area contributed by atoms with Gasteiger partial charge in [0.05, 0.1) is 10.6 Å². The third-order valence-electron chi connectivity index (χ3n) is 5.38. The molecule has 0 amide bonds. The average Bonchev–Trinajstić information content (AvgIpc) is 3.18. The van der Waals surface area contributed by atoms with Crippen molar-refractivity contribution in [2.24, 2.45) is 0 Å². The van der Waals surface area contributed by atoms with Crippen molar-refractivity contribution in [3.8, 4) is 16.3 Å². The van der Waals surface area contributed by atoms with Gasteiger partial charge in [-0.25, -0.2) is 9.37 Å². The summed E-state index contributed by atoms with van der Waals surface area (Å²) in [6.45, 7) is 4.40. The quantitative estimate of drug-likeness (QED) is 0.450. The van der Waals surface area contributed by atoms with Gasteiger partial charge in [-0.05, 0) is 73.6 Å². The molecule has 1 aliphatic carbocycles. The number of ether oxygens (including phenoxy) is 1. The van der Waals surface area contributed by atoms with E-state index in [0.29, 0.717) is 18.6 Å². The van der Waals surface area contributed by atoms with Crippen LogP contribution in [0.15, 0.2) is 49.0 Å². The Labute approximate surface area is 185 Å². The standard InChI is InChI=1S/C25H24FNO3S/c1-16-4-2-6-22-24(16)31-25(27-22)21-13-10-19(26)14-18(21)15-30-20-11-8-17(9-12-20)5-3-7-23(28)29/h8-14H,1-7,15H2,(H,28,29). The summed E-state index contributed by atoms with van der Waals surface area (Å²) in [4.78, 5) is 16.6. The van der Waals surface area contributed by atoms with Gasteiger partial charge in [0.15, 0.2) is 0 Å². The van der Waals surface area contributed by atoms with Gasteiger partial charge < -0.3 is 9.84 Å². The van der Waals surface area contributed by atoms with Crippen molar-refractivity contribution in [1.82, 2.24) is 4.98 Å². The smallest absolute Gasteiger partial charge is 0.303 e. The number of aryl methyl sites for hydroxylation is 2. The maximum absolute atomic E-state index is 14.0. The van der Waals surface area contributed by atoms with Gasteiger partial charge in [-0.1, -0.05) is 18.7 Å². The molecule has 3 aromatic rings. The van der Waals surface area contributed by atoms with Crippen LogP contribution in [-0.2, 0) is 24.2 Å². The number of hydrogen-bond acceptors (Lipinski definition) is 4. The van der Waals surface area contributed by atoms with Crippen molar-refractivity contribution < 1.29 is 19.0 Å². The molecule has 1 heterocycles. The Morgan fingerprint density at radius 3 is 2.74 bits per heavy atom. The number of fused-ring (bicyclic) bond motifs is 1. The van der Waals surface area contributed by atoms with E-state index >= 15 is 0 Å². The predicted octanol–water partition coefficient (Wildman–Crippen LogP) is 6.29. The van der Waals surface area contributed by atoms with Gasteiger partial charge in [-0.2, -0.15) is 0 Å². The lowest BCUT2D eigenvalue weighted by Crippen LogP contribution is -2.00. The number of nitrogens with zero attached hydrogens (tertiary/aromatic N) is 1. The Morgan fingerprint density at radius 2 is 2.00 bits per heavy atom. The van der Waals surface area contributed by atoms with Gasteiger partial charge >= 0.3 is 5.97 Å². The van der Waals surface area contributed by atoms with Gasteiger partial charge in [0, 0.05) is 17.5 Å². The second-order valence-corrected chi connectivity index (χ2v) is 8.73. The number of aromatic nitrogens is 1. The molecule has 4 rings (SSSR count). The first-order valence-corrected chi connectivity index (χ1v) is 11.2. The van der Waals surface area contributed by atoms with E-state index in [1.54, 1.807) is 17.4 Å². The van der Waals surface area contributed by atoms with Crippen LogP contribution in [0, 0.1) is 5.82 Å². The number of carbonyl (C=O) groups is 1. The lowest BCUT2D eigenvalue weighted by atomic mass is 9.99. The maximum atomic E-state index is 14.0. The molecule has 0 bridgehead atoms. The Kier molecular flexibility index (Phi) is 6.47. The predicted molar refractivity (Wildman–Crippen MR) is 121 cm³/mol. The summed E-state index contributed by atoms with van der Waals surface area (Å²) < 4.78 is 19.9. The fourth-order valence-corrected chi connectivity index (χ4v) is 4.91. The lowest BCUT2D eigenvalue weighted by Gasteiger charge is -2.11. The molecule has 1 N–H and O–H groups in total. The molecular weight excluding hydrogens is 413 g/mol. The van der Waals surface area contributed by atoms with Crippen LogP contribution < -0.4 is 4.74 Å². The number of hydrogen-bond donors (Lipinski definition) is 1. The number of aliphatic carboxylic acids is 1. The highest BCUT2D eigenvalue weighted by atomic mass is 32.1. The lowest BCUT2D eigenvalue weighted by molar-refractivity contribution is -0.137. The van der Waals surface area contributed by atoms with Gasteiger partial charge in [-0.3, -0.25) is 4.79 Å². The fourth-order valence-electron chi connectivity index (χ4n) is 3.74. The van der Waals surface area contributed by atoms with Gasteiger partial charge in [0.25, 0.3) is 0 Å². The minimum Gasteiger partial charge on any atom is -0.489 e. The van der Waals surface area contributed by atoms with Crippen molar-refractivity contribution >= 4 is 22.9 Å². The summed E-state index contributed by atoms with van der Waals surface area (Å²) in [5.41, 5.74) is 4.93. The molecule has 0 aliphatic heterocycles. The number of benzene rings is 2. The van der Waals surface area contributed by atoms with Gasteiger partial charge in [-0.15, -0.1) is 11.3 Å². The molecule has 0 unspecified atom stereocenters. The topological polar surface area (TPSA) is 59.4 Å².